The quantitative estimate of drug-likeness (QED) is 0.326. The number of hydrogen-bond acceptors (Lipinski definition) is 1. The molecule has 1 aliphatic carbocycles. The normalized spacial score (nSPS) is 15.9. The van der Waals surface area contributed by atoms with Gasteiger partial charge in [0.15, 0.2) is 0 Å². The van der Waals surface area contributed by atoms with E-state index in [1.807, 2.05) is 0 Å². The van der Waals surface area contributed by atoms with Gasteiger partial charge in [-0.25, -0.2) is 13.6 Å². The number of carbonyl (C=O) groups is 1. The third-order valence-electron chi connectivity index (χ3n) is 6.44. The van der Waals surface area contributed by atoms with E-state index in [1.165, 1.54) is 6.07 Å². The van der Waals surface area contributed by atoms with E-state index >= 15 is 0 Å². The van der Waals surface area contributed by atoms with Gasteiger partial charge in [0, 0.05) is 23.0 Å². The average molecular weight is 523 g/mol. The molecule has 3 nitrogen and oxygen atoms in total. The summed E-state index contributed by atoms with van der Waals surface area (Å²) in [5.74, 6) is -1.79. The molecule has 0 spiro atoms. The van der Waals surface area contributed by atoms with Crippen LogP contribution < -0.4 is 10.6 Å². The summed E-state index contributed by atoms with van der Waals surface area (Å²) in [5, 5.41) is 5.56. The third kappa shape index (κ3) is 5.81. The lowest BCUT2D eigenvalue weighted by molar-refractivity contribution is -0.137. The Morgan fingerprint density at radius 2 is 1.56 bits per heavy atom. The standard InChI is InChI=1S/C27H24ClF5N2O/c28-24-15-20(29)10-11-23(24)26(16-17-6-2-1-3-7-17,35-25(36)34-22-8-4-5-9-22)18-12-19(27(31,32)33)14-21(30)13-18/h1-3,6-7,10-15,22H,4-5,8-9,16H2,(H2,34,35,36). The zero-order valence-corrected chi connectivity index (χ0v) is 19.9. The van der Waals surface area contributed by atoms with Crippen molar-refractivity contribution in [3.05, 3.63) is 106 Å². The van der Waals surface area contributed by atoms with Gasteiger partial charge < -0.3 is 10.6 Å². The van der Waals surface area contributed by atoms with Crippen LogP contribution in [-0.4, -0.2) is 12.1 Å². The number of alkyl halides is 3. The predicted octanol–water partition coefficient (Wildman–Crippen LogP) is 7.37. The molecule has 1 saturated carbocycles. The summed E-state index contributed by atoms with van der Waals surface area (Å²) in [7, 11) is 0. The first-order chi connectivity index (χ1) is 17.1. The van der Waals surface area contributed by atoms with E-state index in [4.69, 9.17) is 11.6 Å². The van der Waals surface area contributed by atoms with Gasteiger partial charge in [0.1, 0.15) is 11.6 Å². The van der Waals surface area contributed by atoms with Crippen LogP contribution in [0.1, 0.15) is 47.9 Å². The van der Waals surface area contributed by atoms with Gasteiger partial charge in [-0.3, -0.25) is 0 Å². The van der Waals surface area contributed by atoms with Crippen LogP contribution in [0.5, 0.6) is 0 Å². The SMILES string of the molecule is O=C(NC1CCCC1)NC(Cc1ccccc1)(c1cc(F)cc(C(F)(F)F)c1)c1ccc(F)cc1Cl. The van der Waals surface area contributed by atoms with E-state index in [9.17, 15) is 26.7 Å². The fraction of sp³-hybridized carbons (Fsp3) is 0.296. The van der Waals surface area contributed by atoms with Crippen LogP contribution in [-0.2, 0) is 18.1 Å². The summed E-state index contributed by atoms with van der Waals surface area (Å²) >= 11 is 6.43. The Hall–Kier alpha value is -3.13. The van der Waals surface area contributed by atoms with E-state index in [1.54, 1.807) is 30.3 Å². The molecule has 36 heavy (non-hydrogen) atoms. The smallest absolute Gasteiger partial charge is 0.335 e. The summed E-state index contributed by atoms with van der Waals surface area (Å²) < 4.78 is 69.7. The molecule has 1 fully saturated rings. The molecule has 2 amide bonds. The largest absolute Gasteiger partial charge is 0.416 e. The van der Waals surface area contributed by atoms with Gasteiger partial charge in [-0.2, -0.15) is 13.2 Å². The summed E-state index contributed by atoms with van der Waals surface area (Å²) in [4.78, 5) is 13.2. The Kier molecular flexibility index (Phi) is 7.54. The number of hydrogen-bond donors (Lipinski definition) is 2. The van der Waals surface area contributed by atoms with Crippen molar-refractivity contribution in [2.24, 2.45) is 0 Å². The topological polar surface area (TPSA) is 41.1 Å². The highest BCUT2D eigenvalue weighted by molar-refractivity contribution is 6.31. The first kappa shape index (κ1) is 25.9. The van der Waals surface area contributed by atoms with Crippen LogP contribution in [0.15, 0.2) is 66.7 Å². The summed E-state index contributed by atoms with van der Waals surface area (Å²) in [6.45, 7) is 0. The molecule has 3 aromatic rings. The molecule has 0 bridgehead atoms. The van der Waals surface area contributed by atoms with Crippen molar-refractivity contribution >= 4 is 17.6 Å². The molecule has 1 unspecified atom stereocenters. The van der Waals surface area contributed by atoms with Crippen LogP contribution in [0.3, 0.4) is 0 Å². The Labute approximate surface area is 210 Å². The highest BCUT2D eigenvalue weighted by atomic mass is 35.5. The van der Waals surface area contributed by atoms with E-state index < -0.39 is 34.9 Å². The minimum atomic E-state index is -4.84. The first-order valence-electron chi connectivity index (χ1n) is 11.5. The lowest BCUT2D eigenvalue weighted by Gasteiger charge is -2.38. The van der Waals surface area contributed by atoms with Crippen molar-refractivity contribution in [2.75, 3.05) is 0 Å². The van der Waals surface area contributed by atoms with Crippen molar-refractivity contribution in [1.82, 2.24) is 10.6 Å². The second-order valence-corrected chi connectivity index (χ2v) is 9.41. The van der Waals surface area contributed by atoms with Gasteiger partial charge in [-0.05, 0) is 54.3 Å². The molecule has 9 heteroatoms. The molecule has 3 aromatic carbocycles. The molecule has 190 valence electrons. The summed E-state index contributed by atoms with van der Waals surface area (Å²) in [6, 6.07) is 13.5. The molecule has 4 rings (SSSR count). The lowest BCUT2D eigenvalue weighted by atomic mass is 9.77. The number of urea groups is 1. The predicted molar refractivity (Wildman–Crippen MR) is 128 cm³/mol. The van der Waals surface area contributed by atoms with E-state index in [2.05, 4.69) is 10.6 Å². The molecule has 0 heterocycles. The van der Waals surface area contributed by atoms with Gasteiger partial charge >= 0.3 is 12.2 Å². The minimum Gasteiger partial charge on any atom is -0.335 e. The Bertz CT molecular complexity index is 1230. The molecule has 0 radical (unpaired) electrons. The highest BCUT2D eigenvalue weighted by Gasteiger charge is 2.41. The summed E-state index contributed by atoms with van der Waals surface area (Å²) in [5.41, 5.74) is -2.37. The maximum Gasteiger partial charge on any atom is 0.416 e. The van der Waals surface area contributed by atoms with Gasteiger partial charge in [0.2, 0.25) is 0 Å². The van der Waals surface area contributed by atoms with Crippen molar-refractivity contribution in [1.29, 1.82) is 0 Å². The fourth-order valence-corrected chi connectivity index (χ4v) is 5.09. The van der Waals surface area contributed by atoms with Crippen LogP contribution in [0, 0.1) is 11.6 Å². The van der Waals surface area contributed by atoms with Crippen LogP contribution >= 0.6 is 11.6 Å². The number of halogens is 6. The summed E-state index contributed by atoms with van der Waals surface area (Å²) in [6.07, 6.45) is -1.47. The van der Waals surface area contributed by atoms with Crippen LogP contribution in [0.4, 0.5) is 26.7 Å². The molecule has 0 saturated heterocycles. The average Bonchev–Trinajstić information content (AvgIpc) is 3.31. The molecular weight excluding hydrogens is 499 g/mol. The van der Waals surface area contributed by atoms with Gasteiger partial charge in [-0.15, -0.1) is 0 Å². The molecule has 0 aliphatic heterocycles. The lowest BCUT2D eigenvalue weighted by Crippen LogP contribution is -2.54. The minimum absolute atomic E-state index is 0.0714. The van der Waals surface area contributed by atoms with E-state index in [0.717, 1.165) is 49.9 Å². The maximum absolute atomic E-state index is 14.7. The molecule has 0 aromatic heterocycles. The monoisotopic (exact) mass is 522 g/mol. The van der Waals surface area contributed by atoms with Gasteiger partial charge in [-0.1, -0.05) is 60.8 Å². The van der Waals surface area contributed by atoms with Crippen LogP contribution in [0.2, 0.25) is 5.02 Å². The number of amides is 2. The molecule has 1 aliphatic rings. The zero-order chi connectivity index (χ0) is 25.9. The van der Waals surface area contributed by atoms with Crippen molar-refractivity contribution < 1.29 is 26.7 Å². The molecule has 2 N–H and O–H groups in total. The van der Waals surface area contributed by atoms with E-state index in [0.29, 0.717) is 11.6 Å². The highest BCUT2D eigenvalue weighted by Crippen LogP contribution is 2.41. The number of benzene rings is 3. The fourth-order valence-electron chi connectivity index (χ4n) is 4.76. The first-order valence-corrected chi connectivity index (χ1v) is 11.9. The van der Waals surface area contributed by atoms with Crippen LogP contribution in [0.25, 0.3) is 0 Å². The number of rotatable bonds is 6. The Morgan fingerprint density at radius 1 is 0.889 bits per heavy atom. The second kappa shape index (κ2) is 10.5. The second-order valence-electron chi connectivity index (χ2n) is 9.00. The Balaban J connectivity index is 1.93. The maximum atomic E-state index is 14.7. The Morgan fingerprint density at radius 3 is 2.19 bits per heavy atom. The third-order valence-corrected chi connectivity index (χ3v) is 6.75. The van der Waals surface area contributed by atoms with E-state index in [-0.39, 0.29) is 28.6 Å². The van der Waals surface area contributed by atoms with Gasteiger partial charge in [0.25, 0.3) is 0 Å². The number of nitrogens with one attached hydrogen (secondary N) is 2. The van der Waals surface area contributed by atoms with Gasteiger partial charge in [0.05, 0.1) is 11.1 Å². The van der Waals surface area contributed by atoms with Crippen molar-refractivity contribution in [3.63, 3.8) is 0 Å². The van der Waals surface area contributed by atoms with Crippen molar-refractivity contribution in [2.45, 2.75) is 49.9 Å². The molecule has 1 atom stereocenters. The number of carbonyl (C=O) groups excluding carboxylic acids is 1. The molecular formula is C27H24ClF5N2O. The zero-order valence-electron chi connectivity index (χ0n) is 19.1. The van der Waals surface area contributed by atoms with Crippen molar-refractivity contribution in [3.8, 4) is 0 Å².